The Hall–Kier alpha value is -1.81. The molecule has 0 aliphatic heterocycles. The number of benzene rings is 1. The summed E-state index contributed by atoms with van der Waals surface area (Å²) in [6.07, 6.45) is 5.02. The first-order valence-corrected chi connectivity index (χ1v) is 7.62. The molecule has 1 atom stereocenters. The summed E-state index contributed by atoms with van der Waals surface area (Å²) < 4.78 is 7.98. The van der Waals surface area contributed by atoms with E-state index >= 15 is 0 Å². The Labute approximate surface area is 127 Å². The molecule has 114 valence electrons. The molecule has 4 nitrogen and oxygen atoms in total. The zero-order valence-corrected chi connectivity index (χ0v) is 13.2. The molecule has 0 aliphatic carbocycles. The van der Waals surface area contributed by atoms with Crippen LogP contribution in [0.5, 0.6) is 5.75 Å². The number of nitrogens with one attached hydrogen (secondary N) is 1. The highest BCUT2D eigenvalue weighted by Crippen LogP contribution is 2.11. The van der Waals surface area contributed by atoms with Crippen LogP contribution in [-0.4, -0.2) is 22.2 Å². The molecule has 4 heteroatoms. The summed E-state index contributed by atoms with van der Waals surface area (Å²) in [5, 5.41) is 3.46. The summed E-state index contributed by atoms with van der Waals surface area (Å²) in [5.74, 6) is 2.00. The van der Waals surface area contributed by atoms with Crippen molar-refractivity contribution in [1.82, 2.24) is 14.9 Å². The first-order valence-electron chi connectivity index (χ1n) is 7.62. The average Bonchev–Trinajstić information content (AvgIpc) is 2.92. The molecule has 0 aliphatic rings. The minimum Gasteiger partial charge on any atom is -0.492 e. The van der Waals surface area contributed by atoms with Gasteiger partial charge in [0.1, 0.15) is 18.2 Å². The Kier molecular flexibility index (Phi) is 5.81. The summed E-state index contributed by atoms with van der Waals surface area (Å²) in [6.45, 7) is 8.82. The van der Waals surface area contributed by atoms with Crippen molar-refractivity contribution in [1.29, 1.82) is 0 Å². The maximum Gasteiger partial charge on any atom is 0.122 e. The van der Waals surface area contributed by atoms with E-state index in [1.165, 1.54) is 5.56 Å². The quantitative estimate of drug-likeness (QED) is 0.810. The molecule has 21 heavy (non-hydrogen) atoms. The lowest BCUT2D eigenvalue weighted by Gasteiger charge is -2.15. The van der Waals surface area contributed by atoms with Crippen LogP contribution in [0.2, 0.25) is 0 Å². The molecule has 1 heterocycles. The largest absolute Gasteiger partial charge is 0.492 e. The number of aryl methyl sites for hydroxylation is 2. The molecule has 1 aromatic heterocycles. The van der Waals surface area contributed by atoms with Crippen molar-refractivity contribution in [3.05, 3.63) is 48.0 Å². The number of nitrogens with zero attached hydrogens (tertiary/aromatic N) is 2. The molecule has 1 N–H and O–H groups in total. The van der Waals surface area contributed by atoms with Crippen LogP contribution < -0.4 is 10.1 Å². The van der Waals surface area contributed by atoms with E-state index < -0.39 is 0 Å². The van der Waals surface area contributed by atoms with Crippen LogP contribution in [0.4, 0.5) is 0 Å². The van der Waals surface area contributed by atoms with Crippen LogP contribution in [0.3, 0.4) is 0 Å². The second-order valence-corrected chi connectivity index (χ2v) is 5.44. The molecule has 1 aromatic carbocycles. The van der Waals surface area contributed by atoms with Gasteiger partial charge in [-0.05, 0) is 32.4 Å². The highest BCUT2D eigenvalue weighted by atomic mass is 16.5. The van der Waals surface area contributed by atoms with Gasteiger partial charge in [0.25, 0.3) is 0 Å². The van der Waals surface area contributed by atoms with Gasteiger partial charge < -0.3 is 14.6 Å². The first-order chi connectivity index (χ1) is 10.2. The molecule has 2 rings (SSSR count). The van der Waals surface area contributed by atoms with E-state index in [1.54, 1.807) is 0 Å². The lowest BCUT2D eigenvalue weighted by molar-refractivity contribution is 0.271. The van der Waals surface area contributed by atoms with E-state index in [9.17, 15) is 0 Å². The monoisotopic (exact) mass is 287 g/mol. The third kappa shape index (κ3) is 4.90. The number of rotatable bonds is 8. The Bertz CT molecular complexity index is 533. The van der Waals surface area contributed by atoms with Crippen molar-refractivity contribution in [3.8, 4) is 5.75 Å². The van der Waals surface area contributed by atoms with Crippen LogP contribution >= 0.6 is 0 Å². The summed E-state index contributed by atoms with van der Waals surface area (Å²) in [5.41, 5.74) is 1.25. The molecule has 1 unspecified atom stereocenters. The number of ether oxygens (including phenoxy) is 1. The van der Waals surface area contributed by atoms with Crippen LogP contribution in [0.25, 0.3) is 0 Å². The molecule has 0 amide bonds. The normalized spacial score (nSPS) is 12.3. The molecule has 0 saturated heterocycles. The van der Waals surface area contributed by atoms with Gasteiger partial charge in [0.05, 0.1) is 6.54 Å². The molecule has 0 bridgehead atoms. The topological polar surface area (TPSA) is 39.1 Å². The van der Waals surface area contributed by atoms with E-state index in [0.29, 0.717) is 6.61 Å². The summed E-state index contributed by atoms with van der Waals surface area (Å²) >= 11 is 0. The predicted molar refractivity (Wildman–Crippen MR) is 85.5 cm³/mol. The molecule has 0 saturated carbocycles. The van der Waals surface area contributed by atoms with Crippen molar-refractivity contribution in [2.75, 3.05) is 6.61 Å². The summed E-state index contributed by atoms with van der Waals surface area (Å²) in [6, 6.07) is 8.42. The average molecular weight is 287 g/mol. The van der Waals surface area contributed by atoms with Gasteiger partial charge in [-0.3, -0.25) is 0 Å². The van der Waals surface area contributed by atoms with Gasteiger partial charge in [0.2, 0.25) is 0 Å². The Morgan fingerprint density at radius 2 is 2.05 bits per heavy atom. The van der Waals surface area contributed by atoms with Crippen molar-refractivity contribution in [3.63, 3.8) is 0 Å². The van der Waals surface area contributed by atoms with Gasteiger partial charge in [-0.25, -0.2) is 4.98 Å². The second kappa shape index (κ2) is 7.84. The number of imidazole rings is 1. The lowest BCUT2D eigenvalue weighted by atomic mass is 10.2. The molecule has 0 fully saturated rings. The van der Waals surface area contributed by atoms with E-state index in [0.717, 1.165) is 31.1 Å². The maximum absolute atomic E-state index is 5.78. The second-order valence-electron chi connectivity index (χ2n) is 5.44. The fraction of sp³-hybridized carbons (Fsp3) is 0.471. The smallest absolute Gasteiger partial charge is 0.122 e. The minimum absolute atomic E-state index is 0.276. The van der Waals surface area contributed by atoms with Gasteiger partial charge >= 0.3 is 0 Å². The van der Waals surface area contributed by atoms with E-state index in [2.05, 4.69) is 47.8 Å². The van der Waals surface area contributed by atoms with E-state index in [-0.39, 0.29) is 6.04 Å². The maximum atomic E-state index is 5.78. The minimum atomic E-state index is 0.276. The van der Waals surface area contributed by atoms with Gasteiger partial charge in [-0.2, -0.15) is 0 Å². The number of aromatic nitrogens is 2. The van der Waals surface area contributed by atoms with Crippen molar-refractivity contribution >= 4 is 0 Å². The summed E-state index contributed by atoms with van der Waals surface area (Å²) in [7, 11) is 0. The molecule has 0 radical (unpaired) electrons. The zero-order valence-electron chi connectivity index (χ0n) is 13.2. The number of hydrogen-bond donors (Lipinski definition) is 1. The first kappa shape index (κ1) is 15.6. The Morgan fingerprint density at radius 3 is 2.76 bits per heavy atom. The standard InChI is InChI=1S/C17H25N3O/c1-4-10-20-11-9-18-17(20)12-19-15(3)13-21-16-7-5-14(2)6-8-16/h5-9,11,15,19H,4,10,12-13H2,1-3H3. The van der Waals surface area contributed by atoms with Gasteiger partial charge in [0, 0.05) is 25.0 Å². The third-order valence-corrected chi connectivity index (χ3v) is 3.40. The fourth-order valence-corrected chi connectivity index (χ4v) is 2.13. The summed E-state index contributed by atoms with van der Waals surface area (Å²) in [4.78, 5) is 4.39. The van der Waals surface area contributed by atoms with Crippen molar-refractivity contribution in [2.45, 2.75) is 46.3 Å². The Morgan fingerprint density at radius 1 is 1.29 bits per heavy atom. The highest BCUT2D eigenvalue weighted by Gasteiger charge is 2.06. The molecule has 2 aromatic rings. The van der Waals surface area contributed by atoms with Gasteiger partial charge in [-0.1, -0.05) is 24.6 Å². The van der Waals surface area contributed by atoms with Crippen molar-refractivity contribution in [2.24, 2.45) is 0 Å². The van der Waals surface area contributed by atoms with Crippen LogP contribution in [0.15, 0.2) is 36.7 Å². The molecule has 0 spiro atoms. The molecular formula is C17H25N3O. The van der Waals surface area contributed by atoms with E-state index in [1.807, 2.05) is 24.5 Å². The lowest BCUT2D eigenvalue weighted by Crippen LogP contribution is -2.32. The van der Waals surface area contributed by atoms with Crippen molar-refractivity contribution < 1.29 is 4.74 Å². The third-order valence-electron chi connectivity index (χ3n) is 3.40. The van der Waals surface area contributed by atoms with E-state index in [4.69, 9.17) is 4.74 Å². The van der Waals surface area contributed by atoms with Crippen LogP contribution in [0.1, 0.15) is 31.7 Å². The number of hydrogen-bond acceptors (Lipinski definition) is 3. The SMILES string of the molecule is CCCn1ccnc1CNC(C)COc1ccc(C)cc1. The van der Waals surface area contributed by atoms with Gasteiger partial charge in [0.15, 0.2) is 0 Å². The highest BCUT2D eigenvalue weighted by molar-refractivity contribution is 5.26. The van der Waals surface area contributed by atoms with Crippen LogP contribution in [0, 0.1) is 6.92 Å². The zero-order chi connectivity index (χ0) is 15.1. The Balaban J connectivity index is 1.75. The fourth-order valence-electron chi connectivity index (χ4n) is 2.13. The predicted octanol–water partition coefficient (Wildman–Crippen LogP) is 3.16. The molecular weight excluding hydrogens is 262 g/mol. The van der Waals surface area contributed by atoms with Gasteiger partial charge in [-0.15, -0.1) is 0 Å². The van der Waals surface area contributed by atoms with Crippen LogP contribution in [-0.2, 0) is 13.1 Å².